The van der Waals surface area contributed by atoms with Crippen LogP contribution in [-0.4, -0.2) is 28.0 Å². The van der Waals surface area contributed by atoms with E-state index in [1.165, 1.54) is 10.4 Å². The fraction of sp³-hybridized carbons (Fsp3) is 0.333. The summed E-state index contributed by atoms with van der Waals surface area (Å²) in [5, 5.41) is 2.85. The molecule has 0 radical (unpaired) electrons. The van der Waals surface area contributed by atoms with Gasteiger partial charge in [-0.25, -0.2) is 4.98 Å². The molecule has 23 heavy (non-hydrogen) atoms. The number of aromatic nitrogens is 2. The van der Waals surface area contributed by atoms with Crippen LogP contribution >= 0.6 is 11.3 Å². The average molecular weight is 325 g/mol. The monoisotopic (exact) mass is 325 g/mol. The van der Waals surface area contributed by atoms with E-state index in [1.807, 2.05) is 35.6 Å². The molecule has 0 unspecified atom stereocenters. The van der Waals surface area contributed by atoms with Crippen molar-refractivity contribution in [3.63, 3.8) is 0 Å². The lowest BCUT2D eigenvalue weighted by Crippen LogP contribution is -2.35. The summed E-state index contributed by atoms with van der Waals surface area (Å²) in [7, 11) is 0. The first-order chi connectivity index (χ1) is 11.2. The van der Waals surface area contributed by atoms with Crippen LogP contribution in [0.2, 0.25) is 0 Å². The lowest BCUT2D eigenvalue weighted by Gasteiger charge is -2.33. The molecule has 0 amide bonds. The maximum absolute atomic E-state index is 12.1. The Balaban J connectivity index is 1.53. The highest BCUT2D eigenvalue weighted by Gasteiger charge is 2.24. The fourth-order valence-electron chi connectivity index (χ4n) is 3.37. The molecule has 0 fully saturated rings. The zero-order valence-corrected chi connectivity index (χ0v) is 13.9. The van der Waals surface area contributed by atoms with Gasteiger partial charge >= 0.3 is 0 Å². The van der Waals surface area contributed by atoms with Crippen molar-refractivity contribution in [2.75, 3.05) is 13.1 Å². The van der Waals surface area contributed by atoms with Crippen LogP contribution in [0.3, 0.4) is 0 Å². The highest BCUT2D eigenvalue weighted by atomic mass is 32.1. The summed E-state index contributed by atoms with van der Waals surface area (Å²) in [6.07, 6.45) is 1.89. The molecule has 4 rings (SSSR count). The highest BCUT2D eigenvalue weighted by molar-refractivity contribution is 7.10. The number of hydrogen-bond donors (Lipinski definition) is 1. The average Bonchev–Trinajstić information content (AvgIpc) is 3.04. The molecule has 3 aromatic rings. The smallest absolute Gasteiger partial charge is 0.258 e. The zero-order valence-electron chi connectivity index (χ0n) is 13.1. The number of para-hydroxylation sites is 1. The summed E-state index contributed by atoms with van der Waals surface area (Å²) < 4.78 is 0. The number of H-pyrrole nitrogens is 1. The van der Waals surface area contributed by atoms with Gasteiger partial charge in [0.25, 0.3) is 5.56 Å². The van der Waals surface area contributed by atoms with Gasteiger partial charge in [0.1, 0.15) is 5.82 Å². The number of aromatic amines is 1. The second-order valence-electron chi connectivity index (χ2n) is 6.04. The molecule has 1 aromatic carbocycles. The largest absolute Gasteiger partial charge is 0.310 e. The highest BCUT2D eigenvalue weighted by Crippen LogP contribution is 2.32. The van der Waals surface area contributed by atoms with Crippen molar-refractivity contribution in [3.8, 4) is 0 Å². The SMILES string of the molecule is C[C@@H]1c2ccsc2CCN1CCc1nc2ccccc2c(=O)[nH]1. The van der Waals surface area contributed by atoms with Crippen molar-refractivity contribution in [1.82, 2.24) is 14.9 Å². The van der Waals surface area contributed by atoms with Crippen molar-refractivity contribution in [2.24, 2.45) is 0 Å². The normalized spacial score (nSPS) is 18.2. The second-order valence-corrected chi connectivity index (χ2v) is 7.04. The van der Waals surface area contributed by atoms with Crippen LogP contribution in [0.5, 0.6) is 0 Å². The van der Waals surface area contributed by atoms with Gasteiger partial charge in [0, 0.05) is 30.4 Å². The van der Waals surface area contributed by atoms with Crippen LogP contribution < -0.4 is 5.56 Å². The van der Waals surface area contributed by atoms with Gasteiger partial charge in [-0.05, 0) is 42.5 Å². The van der Waals surface area contributed by atoms with Crippen LogP contribution in [-0.2, 0) is 12.8 Å². The van der Waals surface area contributed by atoms with Gasteiger partial charge in [0.15, 0.2) is 0 Å². The van der Waals surface area contributed by atoms with Crippen LogP contribution in [0.1, 0.15) is 29.2 Å². The molecule has 0 spiro atoms. The van der Waals surface area contributed by atoms with Crippen molar-refractivity contribution in [2.45, 2.75) is 25.8 Å². The number of thiophene rings is 1. The Labute approximate surface area is 138 Å². The Hall–Kier alpha value is -1.98. The van der Waals surface area contributed by atoms with Crippen molar-refractivity contribution >= 4 is 22.2 Å². The van der Waals surface area contributed by atoms with E-state index in [-0.39, 0.29) is 5.56 Å². The molecule has 0 aliphatic carbocycles. The number of hydrogen-bond acceptors (Lipinski definition) is 4. The first-order valence-electron chi connectivity index (χ1n) is 8.00. The minimum absolute atomic E-state index is 0.0441. The quantitative estimate of drug-likeness (QED) is 0.805. The number of rotatable bonds is 3. The van der Waals surface area contributed by atoms with E-state index in [9.17, 15) is 4.79 Å². The van der Waals surface area contributed by atoms with Gasteiger partial charge in [-0.3, -0.25) is 9.69 Å². The third-order valence-corrected chi connectivity index (χ3v) is 5.70. The summed E-state index contributed by atoms with van der Waals surface area (Å²) in [5.41, 5.74) is 2.19. The lowest BCUT2D eigenvalue weighted by atomic mass is 10.0. The van der Waals surface area contributed by atoms with Crippen LogP contribution in [0, 0.1) is 0 Å². The maximum Gasteiger partial charge on any atom is 0.258 e. The molecule has 118 valence electrons. The molecule has 0 saturated heterocycles. The Kier molecular flexibility index (Phi) is 3.75. The van der Waals surface area contributed by atoms with Crippen molar-refractivity contribution in [1.29, 1.82) is 0 Å². The molecular weight excluding hydrogens is 306 g/mol. The Morgan fingerprint density at radius 3 is 3.13 bits per heavy atom. The van der Waals surface area contributed by atoms with Crippen LogP contribution in [0.4, 0.5) is 0 Å². The van der Waals surface area contributed by atoms with E-state index in [0.717, 1.165) is 37.3 Å². The van der Waals surface area contributed by atoms with Gasteiger partial charge in [-0.15, -0.1) is 11.3 Å². The molecule has 2 aromatic heterocycles. The molecule has 5 heteroatoms. The molecule has 1 aliphatic heterocycles. The van der Waals surface area contributed by atoms with Gasteiger partial charge < -0.3 is 4.98 Å². The van der Waals surface area contributed by atoms with Gasteiger partial charge in [-0.2, -0.15) is 0 Å². The van der Waals surface area contributed by atoms with Gasteiger partial charge in [0.2, 0.25) is 0 Å². The molecule has 1 atom stereocenters. The lowest BCUT2D eigenvalue weighted by molar-refractivity contribution is 0.201. The van der Waals surface area contributed by atoms with E-state index in [1.54, 1.807) is 0 Å². The van der Waals surface area contributed by atoms with Gasteiger partial charge in [0.05, 0.1) is 10.9 Å². The van der Waals surface area contributed by atoms with Crippen LogP contribution in [0.25, 0.3) is 10.9 Å². The molecule has 1 N–H and O–H groups in total. The van der Waals surface area contributed by atoms with Gasteiger partial charge in [-0.1, -0.05) is 12.1 Å². The number of nitrogens with zero attached hydrogens (tertiary/aromatic N) is 2. The summed E-state index contributed by atoms with van der Waals surface area (Å²) >= 11 is 1.86. The molecular formula is C18H19N3OS. The summed E-state index contributed by atoms with van der Waals surface area (Å²) in [5.74, 6) is 0.775. The summed E-state index contributed by atoms with van der Waals surface area (Å²) in [6, 6.07) is 10.2. The topological polar surface area (TPSA) is 49.0 Å². The fourth-order valence-corrected chi connectivity index (χ4v) is 4.33. The first-order valence-corrected chi connectivity index (χ1v) is 8.88. The molecule has 0 bridgehead atoms. The molecule has 1 aliphatic rings. The molecule has 3 heterocycles. The third-order valence-electron chi connectivity index (χ3n) is 4.70. The zero-order chi connectivity index (χ0) is 15.8. The van der Waals surface area contributed by atoms with Crippen molar-refractivity contribution < 1.29 is 0 Å². The number of fused-ring (bicyclic) bond motifs is 2. The predicted octanol–water partition coefficient (Wildman–Crippen LogP) is 3.15. The van der Waals surface area contributed by atoms with E-state index in [4.69, 9.17) is 0 Å². The molecule has 0 saturated carbocycles. The number of nitrogens with one attached hydrogen (secondary N) is 1. The summed E-state index contributed by atoms with van der Waals surface area (Å²) in [4.78, 5) is 23.7. The van der Waals surface area contributed by atoms with E-state index < -0.39 is 0 Å². The maximum atomic E-state index is 12.1. The molecule has 4 nitrogen and oxygen atoms in total. The predicted molar refractivity (Wildman–Crippen MR) is 94.1 cm³/mol. The third kappa shape index (κ3) is 2.71. The van der Waals surface area contributed by atoms with E-state index >= 15 is 0 Å². The standard InChI is InChI=1S/C18H19N3OS/c1-12-13-8-11-23-16(13)6-9-21(12)10-7-17-19-15-5-3-2-4-14(15)18(22)20-17/h2-5,8,11-12H,6-7,9-10H2,1H3,(H,19,20,22)/t12-/m1/s1. The summed E-state index contributed by atoms with van der Waals surface area (Å²) in [6.45, 7) is 4.26. The second kappa shape index (κ2) is 5.91. The minimum atomic E-state index is -0.0441. The van der Waals surface area contributed by atoms with Crippen molar-refractivity contribution in [3.05, 3.63) is 62.3 Å². The Morgan fingerprint density at radius 2 is 2.22 bits per heavy atom. The number of benzene rings is 1. The van der Waals surface area contributed by atoms with E-state index in [2.05, 4.69) is 33.2 Å². The minimum Gasteiger partial charge on any atom is -0.310 e. The van der Waals surface area contributed by atoms with Crippen LogP contribution in [0.15, 0.2) is 40.5 Å². The Bertz CT molecular complexity index is 898. The Morgan fingerprint density at radius 1 is 1.35 bits per heavy atom. The first kappa shape index (κ1) is 14.6. The van der Waals surface area contributed by atoms with E-state index in [0.29, 0.717) is 11.4 Å².